The monoisotopic (exact) mass is 512 g/mol. The molecular formula is C33H30N5O+3. The second-order valence-corrected chi connectivity index (χ2v) is 10.5. The summed E-state index contributed by atoms with van der Waals surface area (Å²) in [6, 6.07) is 26.3. The van der Waals surface area contributed by atoms with Gasteiger partial charge in [-0.1, -0.05) is 24.3 Å². The Morgan fingerprint density at radius 3 is 2.38 bits per heavy atom. The van der Waals surface area contributed by atoms with Crippen LogP contribution in [-0.4, -0.2) is 33.2 Å². The average Bonchev–Trinajstić information content (AvgIpc) is 3.33. The molecule has 6 nitrogen and oxygen atoms in total. The Hall–Kier alpha value is -4.84. The maximum Gasteiger partial charge on any atom is 0.345 e. The van der Waals surface area contributed by atoms with Gasteiger partial charge in [-0.2, -0.15) is 0 Å². The van der Waals surface area contributed by atoms with Crippen LogP contribution in [0.25, 0.3) is 55.9 Å². The van der Waals surface area contributed by atoms with Gasteiger partial charge in [-0.25, -0.2) is 4.58 Å². The first kappa shape index (κ1) is 23.3. The fraction of sp³-hybridized carbons (Fsp3) is 0.152. The molecule has 0 atom stereocenters. The molecule has 4 heterocycles. The highest BCUT2D eigenvalue weighted by Gasteiger charge is 2.33. The van der Waals surface area contributed by atoms with Gasteiger partial charge in [0.1, 0.15) is 31.6 Å². The molecule has 190 valence electrons. The normalized spacial score (nSPS) is 12.0. The quantitative estimate of drug-likeness (QED) is 0.260. The number of aromatic nitrogens is 3. The van der Waals surface area contributed by atoms with E-state index in [1.165, 1.54) is 27.9 Å². The minimum Gasteiger partial charge on any atom is -0.456 e. The summed E-state index contributed by atoms with van der Waals surface area (Å²) in [6.45, 7) is 0.816. The maximum absolute atomic E-state index is 6.49. The van der Waals surface area contributed by atoms with E-state index in [0.717, 1.165) is 45.7 Å². The smallest absolute Gasteiger partial charge is 0.345 e. The predicted molar refractivity (Wildman–Crippen MR) is 154 cm³/mol. The molecule has 2 aliphatic heterocycles. The Morgan fingerprint density at radius 1 is 0.795 bits per heavy atom. The number of pyridine rings is 1. The van der Waals surface area contributed by atoms with Crippen LogP contribution in [0.2, 0.25) is 0 Å². The molecule has 4 aromatic rings. The number of fused-ring (bicyclic) bond motifs is 5. The van der Waals surface area contributed by atoms with E-state index in [2.05, 4.69) is 131 Å². The van der Waals surface area contributed by atoms with Crippen LogP contribution in [0.4, 0.5) is 5.69 Å². The zero-order valence-corrected chi connectivity index (χ0v) is 22.6. The molecule has 0 N–H and O–H groups in total. The first-order valence-electron chi connectivity index (χ1n) is 13.1. The van der Waals surface area contributed by atoms with Gasteiger partial charge in [-0.3, -0.25) is 4.98 Å². The Bertz CT molecular complexity index is 1930. The van der Waals surface area contributed by atoms with Crippen LogP contribution in [0.1, 0.15) is 0 Å². The lowest BCUT2D eigenvalue weighted by molar-refractivity contribution is -0.877. The lowest BCUT2D eigenvalue weighted by Gasteiger charge is -2.18. The number of hydrogen-bond acceptors (Lipinski definition) is 3. The summed E-state index contributed by atoms with van der Waals surface area (Å²) in [5.41, 5.74) is 10.1. The molecule has 2 aromatic carbocycles. The SMILES string of the molecule is CN(C)c1ccc2c(-c3ccc(-c4cc[n+]5c(c4)-c4cncc[n+]4C5)cc3)c3ccc(=[N+](C)C)cc-3oc2c1. The zero-order chi connectivity index (χ0) is 26.7. The van der Waals surface area contributed by atoms with Crippen LogP contribution in [0.15, 0.2) is 102 Å². The minimum atomic E-state index is 0.816. The van der Waals surface area contributed by atoms with Crippen LogP contribution < -0.4 is 24.0 Å². The molecule has 39 heavy (non-hydrogen) atoms. The van der Waals surface area contributed by atoms with Crippen molar-refractivity contribution in [1.82, 2.24) is 9.56 Å². The lowest BCUT2D eigenvalue weighted by atomic mass is 9.92. The van der Waals surface area contributed by atoms with Crippen LogP contribution >= 0.6 is 0 Å². The van der Waals surface area contributed by atoms with E-state index >= 15 is 0 Å². The molecule has 6 heteroatoms. The molecule has 0 spiro atoms. The third kappa shape index (κ3) is 3.87. The van der Waals surface area contributed by atoms with Gasteiger partial charge in [0.2, 0.25) is 5.36 Å². The summed E-state index contributed by atoms with van der Waals surface area (Å²) < 4.78 is 13.1. The van der Waals surface area contributed by atoms with E-state index in [1.54, 1.807) is 0 Å². The molecular weight excluding hydrogens is 482 g/mol. The Balaban J connectivity index is 1.37. The van der Waals surface area contributed by atoms with Crippen LogP contribution in [0.5, 0.6) is 0 Å². The summed E-state index contributed by atoms with van der Waals surface area (Å²) in [7, 11) is 8.21. The molecule has 0 amide bonds. The zero-order valence-electron chi connectivity index (χ0n) is 22.6. The van der Waals surface area contributed by atoms with Gasteiger partial charge in [0, 0.05) is 60.6 Å². The van der Waals surface area contributed by atoms with Crippen LogP contribution in [-0.2, 0) is 6.67 Å². The van der Waals surface area contributed by atoms with E-state index in [-0.39, 0.29) is 0 Å². The molecule has 0 saturated heterocycles. The van der Waals surface area contributed by atoms with Crippen molar-refractivity contribution in [2.45, 2.75) is 6.67 Å². The average molecular weight is 513 g/mol. The van der Waals surface area contributed by atoms with Gasteiger partial charge in [-0.05, 0) is 34.9 Å². The Kier molecular flexibility index (Phi) is 5.30. The van der Waals surface area contributed by atoms with Crippen LogP contribution in [0.3, 0.4) is 0 Å². The first-order chi connectivity index (χ1) is 19.0. The van der Waals surface area contributed by atoms with Gasteiger partial charge < -0.3 is 9.32 Å². The summed E-state index contributed by atoms with van der Waals surface area (Å²) >= 11 is 0. The van der Waals surface area contributed by atoms with Crippen molar-refractivity contribution in [2.75, 3.05) is 33.1 Å². The standard InChI is InChI=1S/C33H30N5O/c1-35(2)25-9-11-27-31(18-25)39-32-19-26(36(3)4)10-12-28(32)33(27)23-7-5-22(6-8-23)24-13-15-37-21-38-16-14-34-20-30(38)29(37)17-24/h5-20H,21H2,1-4H3/q+3. The number of rotatable bonds is 3. The number of hydrogen-bond donors (Lipinski definition) is 0. The maximum atomic E-state index is 6.49. The second-order valence-electron chi connectivity index (χ2n) is 10.5. The molecule has 0 radical (unpaired) electrons. The summed E-state index contributed by atoms with van der Waals surface area (Å²) in [4.78, 5) is 6.44. The van der Waals surface area contributed by atoms with Crippen molar-refractivity contribution in [1.29, 1.82) is 0 Å². The third-order valence-corrected chi connectivity index (χ3v) is 7.67. The fourth-order valence-electron chi connectivity index (χ4n) is 5.50. The van der Waals surface area contributed by atoms with Gasteiger partial charge >= 0.3 is 12.4 Å². The topological polar surface area (TPSA) is 40.0 Å². The molecule has 3 aliphatic rings. The highest BCUT2D eigenvalue weighted by atomic mass is 16.3. The molecule has 0 bridgehead atoms. The van der Waals surface area contributed by atoms with Crippen molar-refractivity contribution >= 4 is 16.7 Å². The van der Waals surface area contributed by atoms with E-state index in [1.807, 2.05) is 18.6 Å². The highest BCUT2D eigenvalue weighted by Crippen LogP contribution is 2.41. The van der Waals surface area contributed by atoms with Crippen molar-refractivity contribution in [3.63, 3.8) is 0 Å². The number of nitrogens with zero attached hydrogens (tertiary/aromatic N) is 5. The van der Waals surface area contributed by atoms with E-state index in [9.17, 15) is 0 Å². The van der Waals surface area contributed by atoms with E-state index in [4.69, 9.17) is 4.42 Å². The van der Waals surface area contributed by atoms with E-state index in [0.29, 0.717) is 0 Å². The van der Waals surface area contributed by atoms with Gasteiger partial charge in [-0.15, -0.1) is 9.13 Å². The molecule has 0 saturated carbocycles. The Labute approximate surface area is 227 Å². The predicted octanol–water partition coefficient (Wildman–Crippen LogP) is 4.43. The van der Waals surface area contributed by atoms with Gasteiger partial charge in [0.15, 0.2) is 12.4 Å². The van der Waals surface area contributed by atoms with Crippen molar-refractivity contribution < 1.29 is 13.6 Å². The van der Waals surface area contributed by atoms with Gasteiger partial charge in [0.25, 0.3) is 5.69 Å². The fourth-order valence-corrected chi connectivity index (χ4v) is 5.50. The van der Waals surface area contributed by atoms with Crippen molar-refractivity contribution in [2.24, 2.45) is 0 Å². The minimum absolute atomic E-state index is 0.816. The summed E-state index contributed by atoms with van der Waals surface area (Å²) in [6.07, 6.45) is 7.96. The van der Waals surface area contributed by atoms with Gasteiger partial charge in [0.05, 0.1) is 12.3 Å². The molecule has 1 aliphatic carbocycles. The van der Waals surface area contributed by atoms with Crippen LogP contribution in [0, 0.1) is 0 Å². The van der Waals surface area contributed by atoms with Crippen molar-refractivity contribution in [3.8, 4) is 45.0 Å². The third-order valence-electron chi connectivity index (χ3n) is 7.67. The van der Waals surface area contributed by atoms with E-state index < -0.39 is 0 Å². The van der Waals surface area contributed by atoms with Crippen molar-refractivity contribution in [3.05, 3.63) is 103 Å². The second kappa shape index (κ2) is 8.88. The molecule has 7 rings (SSSR count). The molecule has 2 aromatic heterocycles. The summed E-state index contributed by atoms with van der Waals surface area (Å²) in [5.74, 6) is 0.879. The molecule has 0 fully saturated rings. The molecule has 0 unspecified atom stereocenters. The Morgan fingerprint density at radius 2 is 1.59 bits per heavy atom. The number of anilines is 1. The first-order valence-corrected chi connectivity index (χ1v) is 13.1. The lowest BCUT2D eigenvalue weighted by Crippen LogP contribution is -2.44. The summed E-state index contributed by atoms with van der Waals surface area (Å²) in [5, 5.41) is 2.22. The number of benzene rings is 3. The largest absolute Gasteiger partial charge is 0.456 e. The highest BCUT2D eigenvalue weighted by molar-refractivity contribution is 6.02.